The summed E-state index contributed by atoms with van der Waals surface area (Å²) in [6, 6.07) is 9.45. The fourth-order valence-corrected chi connectivity index (χ4v) is 4.00. The number of anilines is 2. The molecule has 1 saturated heterocycles. The first-order valence-electron chi connectivity index (χ1n) is 9.83. The Morgan fingerprint density at radius 3 is 3.07 bits per heavy atom. The van der Waals surface area contributed by atoms with Crippen molar-refractivity contribution in [1.29, 1.82) is 5.26 Å². The quantitative estimate of drug-likeness (QED) is 0.861. The van der Waals surface area contributed by atoms with Crippen LogP contribution in [-0.2, 0) is 22.6 Å². The molecule has 7 heteroatoms. The summed E-state index contributed by atoms with van der Waals surface area (Å²) in [6.07, 6.45) is 2.33. The van der Waals surface area contributed by atoms with Crippen LogP contribution >= 0.6 is 0 Å². The number of aryl methyl sites for hydroxylation is 1. The molecule has 0 radical (unpaired) electrons. The van der Waals surface area contributed by atoms with Crippen LogP contribution in [-0.4, -0.2) is 37.2 Å². The zero-order chi connectivity index (χ0) is 20.4. The van der Waals surface area contributed by atoms with E-state index in [4.69, 9.17) is 14.5 Å². The lowest BCUT2D eigenvalue weighted by atomic mass is 10.1. The molecule has 1 N–H and O–H groups in total. The van der Waals surface area contributed by atoms with E-state index in [9.17, 15) is 10.1 Å². The molecule has 29 heavy (non-hydrogen) atoms. The normalized spacial score (nSPS) is 18.1. The van der Waals surface area contributed by atoms with Gasteiger partial charge in [0.05, 0.1) is 37.3 Å². The minimum atomic E-state index is -0.387. The summed E-state index contributed by atoms with van der Waals surface area (Å²) in [7, 11) is 1.58. The molecule has 1 unspecified atom stereocenters. The van der Waals surface area contributed by atoms with Crippen LogP contribution < -0.4 is 15.0 Å². The molecule has 3 heterocycles. The zero-order valence-corrected chi connectivity index (χ0v) is 16.7. The average Bonchev–Trinajstić information content (AvgIpc) is 3.23. The second kappa shape index (κ2) is 8.10. The van der Waals surface area contributed by atoms with Gasteiger partial charge in [0.15, 0.2) is 0 Å². The number of ether oxygens (including phenoxy) is 2. The Kier molecular flexibility index (Phi) is 5.36. The molecule has 1 atom stereocenters. The van der Waals surface area contributed by atoms with Crippen molar-refractivity contribution >= 4 is 17.4 Å². The smallest absolute Gasteiger partial charge is 0.247 e. The van der Waals surface area contributed by atoms with Crippen molar-refractivity contribution in [1.82, 2.24) is 4.98 Å². The first-order valence-corrected chi connectivity index (χ1v) is 9.83. The van der Waals surface area contributed by atoms with Crippen molar-refractivity contribution in [3.63, 3.8) is 0 Å². The summed E-state index contributed by atoms with van der Waals surface area (Å²) >= 11 is 0. The fourth-order valence-electron chi connectivity index (χ4n) is 4.00. The fraction of sp³-hybridized carbons (Fsp3) is 0.409. The van der Waals surface area contributed by atoms with E-state index >= 15 is 0 Å². The Morgan fingerprint density at radius 2 is 2.28 bits per heavy atom. The summed E-state index contributed by atoms with van der Waals surface area (Å²) < 4.78 is 10.9. The third-order valence-corrected chi connectivity index (χ3v) is 5.49. The van der Waals surface area contributed by atoms with Gasteiger partial charge in [-0.05, 0) is 55.5 Å². The topological polar surface area (TPSA) is 87.5 Å². The van der Waals surface area contributed by atoms with Crippen molar-refractivity contribution in [2.45, 2.75) is 38.8 Å². The molecule has 2 aliphatic rings. The number of amides is 1. The summed E-state index contributed by atoms with van der Waals surface area (Å²) in [5.41, 5.74) is 4.11. The molecule has 2 aromatic rings. The second-order valence-electron chi connectivity index (χ2n) is 7.42. The van der Waals surface area contributed by atoms with Gasteiger partial charge in [0, 0.05) is 6.54 Å². The minimum absolute atomic E-state index is 0.119. The second-order valence-corrected chi connectivity index (χ2v) is 7.42. The standard InChI is InChI=1S/C22H24N4O3/c1-14-5-6-20(28-2)17(10-14)25-22(27)19-4-3-8-26(19)21-16(12-23)11-15-7-9-29-13-18(15)24-21/h5-6,10-11,19H,3-4,7-9,13H2,1-2H3,(H,25,27). The number of hydrogen-bond donors (Lipinski definition) is 1. The Bertz CT molecular complexity index is 983. The number of carbonyl (C=O) groups is 1. The molecule has 1 aromatic carbocycles. The third kappa shape index (κ3) is 3.76. The first-order chi connectivity index (χ1) is 14.1. The van der Waals surface area contributed by atoms with E-state index in [0.29, 0.717) is 49.0 Å². The Morgan fingerprint density at radius 1 is 1.41 bits per heavy atom. The molecule has 0 bridgehead atoms. The van der Waals surface area contributed by atoms with E-state index in [1.165, 1.54) is 0 Å². The van der Waals surface area contributed by atoms with Crippen LogP contribution in [0.25, 0.3) is 0 Å². The van der Waals surface area contributed by atoms with Crippen LogP contribution in [0.4, 0.5) is 11.5 Å². The van der Waals surface area contributed by atoms with Crippen LogP contribution in [0.2, 0.25) is 0 Å². The van der Waals surface area contributed by atoms with Gasteiger partial charge in [-0.2, -0.15) is 5.26 Å². The Balaban J connectivity index is 1.62. The molecule has 1 amide bonds. The van der Waals surface area contributed by atoms with Crippen LogP contribution in [0, 0.1) is 18.3 Å². The third-order valence-electron chi connectivity index (χ3n) is 5.49. The summed E-state index contributed by atoms with van der Waals surface area (Å²) in [5, 5.41) is 12.7. The molecular weight excluding hydrogens is 368 g/mol. The first kappa shape index (κ1) is 19.2. The van der Waals surface area contributed by atoms with Gasteiger partial charge in [0.1, 0.15) is 23.7 Å². The average molecular weight is 392 g/mol. The number of rotatable bonds is 4. The van der Waals surface area contributed by atoms with Crippen LogP contribution in [0.15, 0.2) is 24.3 Å². The monoisotopic (exact) mass is 392 g/mol. The lowest BCUT2D eigenvalue weighted by Gasteiger charge is -2.27. The van der Waals surface area contributed by atoms with Crippen molar-refractivity contribution < 1.29 is 14.3 Å². The van der Waals surface area contributed by atoms with Gasteiger partial charge < -0.3 is 19.7 Å². The number of benzene rings is 1. The van der Waals surface area contributed by atoms with E-state index in [-0.39, 0.29) is 11.9 Å². The Hall–Kier alpha value is -3.11. The van der Waals surface area contributed by atoms with Crippen LogP contribution in [0.3, 0.4) is 0 Å². The number of hydrogen-bond acceptors (Lipinski definition) is 6. The van der Waals surface area contributed by atoms with E-state index < -0.39 is 0 Å². The van der Waals surface area contributed by atoms with Crippen LogP contribution in [0.5, 0.6) is 5.75 Å². The molecule has 150 valence electrons. The molecule has 1 fully saturated rings. The number of fused-ring (bicyclic) bond motifs is 1. The molecule has 2 aliphatic heterocycles. The SMILES string of the molecule is COc1ccc(C)cc1NC(=O)C1CCCN1c1nc2c(cc1C#N)CCOC2. The number of aromatic nitrogens is 1. The van der Waals surface area contributed by atoms with Gasteiger partial charge in [-0.25, -0.2) is 4.98 Å². The highest BCUT2D eigenvalue weighted by Gasteiger charge is 2.34. The summed E-state index contributed by atoms with van der Waals surface area (Å²) in [6.45, 7) is 3.74. The molecule has 0 aliphatic carbocycles. The van der Waals surface area contributed by atoms with Gasteiger partial charge in [-0.15, -0.1) is 0 Å². The summed E-state index contributed by atoms with van der Waals surface area (Å²) in [4.78, 5) is 19.8. The lowest BCUT2D eigenvalue weighted by molar-refractivity contribution is -0.117. The predicted molar refractivity (Wildman–Crippen MR) is 109 cm³/mol. The van der Waals surface area contributed by atoms with Gasteiger partial charge in [0.25, 0.3) is 0 Å². The largest absolute Gasteiger partial charge is 0.495 e. The van der Waals surface area contributed by atoms with Crippen molar-refractivity contribution in [2.24, 2.45) is 0 Å². The minimum Gasteiger partial charge on any atom is -0.495 e. The maximum atomic E-state index is 13.1. The molecule has 4 rings (SSSR count). The predicted octanol–water partition coefficient (Wildman–Crippen LogP) is 2.95. The highest BCUT2D eigenvalue weighted by Crippen LogP contribution is 2.32. The van der Waals surface area contributed by atoms with E-state index in [0.717, 1.165) is 29.7 Å². The van der Waals surface area contributed by atoms with E-state index in [2.05, 4.69) is 11.4 Å². The highest BCUT2D eigenvalue weighted by molar-refractivity contribution is 5.98. The highest BCUT2D eigenvalue weighted by atomic mass is 16.5. The number of nitrogens with zero attached hydrogens (tertiary/aromatic N) is 3. The molecular formula is C22H24N4O3. The molecule has 0 spiro atoms. The van der Waals surface area contributed by atoms with Crippen molar-refractivity contribution in [3.05, 3.63) is 46.6 Å². The summed E-state index contributed by atoms with van der Waals surface area (Å²) in [5.74, 6) is 1.08. The number of carbonyl (C=O) groups excluding carboxylic acids is 1. The maximum Gasteiger partial charge on any atom is 0.247 e. The number of nitriles is 1. The number of pyridine rings is 1. The number of methoxy groups -OCH3 is 1. The van der Waals surface area contributed by atoms with E-state index in [1.54, 1.807) is 7.11 Å². The van der Waals surface area contributed by atoms with Gasteiger partial charge in [-0.1, -0.05) is 6.07 Å². The molecule has 7 nitrogen and oxygen atoms in total. The lowest BCUT2D eigenvalue weighted by Crippen LogP contribution is -2.40. The van der Waals surface area contributed by atoms with Crippen LogP contribution in [0.1, 0.15) is 35.2 Å². The number of nitrogens with one attached hydrogen (secondary N) is 1. The van der Waals surface area contributed by atoms with Gasteiger partial charge >= 0.3 is 0 Å². The van der Waals surface area contributed by atoms with E-state index in [1.807, 2.05) is 36.1 Å². The molecule has 0 saturated carbocycles. The molecule has 1 aromatic heterocycles. The van der Waals surface area contributed by atoms with Crippen molar-refractivity contribution in [3.8, 4) is 11.8 Å². The zero-order valence-electron chi connectivity index (χ0n) is 16.7. The Labute approximate surface area is 170 Å². The van der Waals surface area contributed by atoms with Gasteiger partial charge in [0.2, 0.25) is 5.91 Å². The van der Waals surface area contributed by atoms with Gasteiger partial charge in [-0.3, -0.25) is 4.79 Å². The maximum absolute atomic E-state index is 13.1. The van der Waals surface area contributed by atoms with Crippen molar-refractivity contribution in [2.75, 3.05) is 30.5 Å².